The third kappa shape index (κ3) is 6.02. The molecule has 0 aromatic rings. The van der Waals surface area contributed by atoms with Crippen molar-refractivity contribution in [1.82, 2.24) is 4.90 Å². The molecular formula is C10H24N2O. The van der Waals surface area contributed by atoms with Crippen LogP contribution in [0.4, 0.5) is 0 Å². The second-order valence-electron chi connectivity index (χ2n) is 3.76. The first-order valence-electron chi connectivity index (χ1n) is 5.24. The van der Waals surface area contributed by atoms with Crippen LogP contribution in [-0.4, -0.2) is 42.3 Å². The predicted octanol–water partition coefficient (Wildman–Crippen LogP) is 0.674. The standard InChI is InChI=1S/C10H24N2O/c1-4-9(3)7-12(5-2)8-10(13)6-11/h9-10,13H,4-8,11H2,1-3H3. The van der Waals surface area contributed by atoms with E-state index in [4.69, 9.17) is 5.73 Å². The van der Waals surface area contributed by atoms with Crippen molar-refractivity contribution < 1.29 is 5.11 Å². The van der Waals surface area contributed by atoms with Crippen molar-refractivity contribution in [2.75, 3.05) is 26.2 Å². The molecule has 3 N–H and O–H groups in total. The molecule has 2 unspecified atom stereocenters. The number of nitrogens with zero attached hydrogens (tertiary/aromatic N) is 1. The summed E-state index contributed by atoms with van der Waals surface area (Å²) in [6.07, 6.45) is 0.818. The van der Waals surface area contributed by atoms with Gasteiger partial charge < -0.3 is 15.7 Å². The van der Waals surface area contributed by atoms with Gasteiger partial charge in [0.2, 0.25) is 0 Å². The Morgan fingerprint density at radius 3 is 2.31 bits per heavy atom. The van der Waals surface area contributed by atoms with Gasteiger partial charge in [0, 0.05) is 19.6 Å². The molecule has 0 aromatic carbocycles. The number of aliphatic hydroxyl groups excluding tert-OH is 1. The molecule has 0 aliphatic rings. The second-order valence-corrected chi connectivity index (χ2v) is 3.76. The molecule has 3 nitrogen and oxygen atoms in total. The number of aliphatic hydroxyl groups is 1. The molecule has 0 fully saturated rings. The van der Waals surface area contributed by atoms with Crippen LogP contribution in [-0.2, 0) is 0 Å². The Hall–Kier alpha value is -0.120. The minimum absolute atomic E-state index is 0.358. The van der Waals surface area contributed by atoms with E-state index < -0.39 is 0 Å². The van der Waals surface area contributed by atoms with E-state index in [0.29, 0.717) is 19.0 Å². The minimum atomic E-state index is -0.371. The van der Waals surface area contributed by atoms with Crippen molar-refractivity contribution in [3.05, 3.63) is 0 Å². The second kappa shape index (κ2) is 7.30. The average molecular weight is 188 g/mol. The molecule has 0 radical (unpaired) electrons. The molecule has 0 saturated carbocycles. The monoisotopic (exact) mass is 188 g/mol. The fourth-order valence-corrected chi connectivity index (χ4v) is 1.28. The van der Waals surface area contributed by atoms with Gasteiger partial charge in [-0.25, -0.2) is 0 Å². The van der Waals surface area contributed by atoms with Crippen molar-refractivity contribution in [3.63, 3.8) is 0 Å². The Balaban J connectivity index is 3.74. The molecule has 0 heterocycles. The fourth-order valence-electron chi connectivity index (χ4n) is 1.28. The normalized spacial score (nSPS) is 16.2. The van der Waals surface area contributed by atoms with Crippen LogP contribution in [0.25, 0.3) is 0 Å². The van der Waals surface area contributed by atoms with Crippen LogP contribution in [0, 0.1) is 5.92 Å². The smallest absolute Gasteiger partial charge is 0.0789 e. The lowest BCUT2D eigenvalue weighted by molar-refractivity contribution is 0.113. The van der Waals surface area contributed by atoms with Gasteiger partial charge in [-0.2, -0.15) is 0 Å². The van der Waals surface area contributed by atoms with E-state index in [1.165, 1.54) is 6.42 Å². The van der Waals surface area contributed by atoms with E-state index in [0.717, 1.165) is 13.1 Å². The zero-order chi connectivity index (χ0) is 10.3. The van der Waals surface area contributed by atoms with Crippen LogP contribution in [0.1, 0.15) is 27.2 Å². The van der Waals surface area contributed by atoms with E-state index in [2.05, 4.69) is 25.7 Å². The third-order valence-corrected chi connectivity index (χ3v) is 2.46. The molecule has 0 saturated heterocycles. The van der Waals surface area contributed by atoms with Crippen LogP contribution in [0.5, 0.6) is 0 Å². The Labute approximate surface area is 81.9 Å². The molecular weight excluding hydrogens is 164 g/mol. The maximum absolute atomic E-state index is 9.38. The van der Waals surface area contributed by atoms with Gasteiger partial charge in [-0.3, -0.25) is 0 Å². The number of nitrogens with two attached hydrogens (primary N) is 1. The number of hydrogen-bond acceptors (Lipinski definition) is 3. The van der Waals surface area contributed by atoms with E-state index in [9.17, 15) is 5.11 Å². The summed E-state index contributed by atoms with van der Waals surface area (Å²) in [6, 6.07) is 0. The first kappa shape index (κ1) is 12.9. The topological polar surface area (TPSA) is 49.5 Å². The van der Waals surface area contributed by atoms with Gasteiger partial charge in [-0.15, -0.1) is 0 Å². The van der Waals surface area contributed by atoms with Gasteiger partial charge in [0.25, 0.3) is 0 Å². The fraction of sp³-hybridized carbons (Fsp3) is 1.00. The highest BCUT2D eigenvalue weighted by molar-refractivity contribution is 4.66. The highest BCUT2D eigenvalue weighted by Crippen LogP contribution is 2.04. The predicted molar refractivity (Wildman–Crippen MR) is 56.6 cm³/mol. The average Bonchev–Trinajstić information content (AvgIpc) is 2.16. The summed E-state index contributed by atoms with van der Waals surface area (Å²) in [5, 5.41) is 9.38. The summed E-state index contributed by atoms with van der Waals surface area (Å²) < 4.78 is 0. The van der Waals surface area contributed by atoms with E-state index in [1.54, 1.807) is 0 Å². The van der Waals surface area contributed by atoms with Crippen LogP contribution in [0.3, 0.4) is 0 Å². The van der Waals surface area contributed by atoms with Crippen molar-refractivity contribution >= 4 is 0 Å². The summed E-state index contributed by atoms with van der Waals surface area (Å²) in [7, 11) is 0. The van der Waals surface area contributed by atoms with Gasteiger partial charge in [0.15, 0.2) is 0 Å². The maximum Gasteiger partial charge on any atom is 0.0789 e. The summed E-state index contributed by atoms with van der Waals surface area (Å²) in [5.74, 6) is 0.699. The van der Waals surface area contributed by atoms with Gasteiger partial charge in [0.1, 0.15) is 0 Å². The SMILES string of the molecule is CCC(C)CN(CC)CC(O)CN. The van der Waals surface area contributed by atoms with Crippen LogP contribution in [0.2, 0.25) is 0 Å². The van der Waals surface area contributed by atoms with Crippen LogP contribution < -0.4 is 5.73 Å². The molecule has 0 aliphatic heterocycles. The lowest BCUT2D eigenvalue weighted by atomic mass is 10.1. The summed E-state index contributed by atoms with van der Waals surface area (Å²) in [4.78, 5) is 2.26. The van der Waals surface area contributed by atoms with Crippen LogP contribution in [0.15, 0.2) is 0 Å². The van der Waals surface area contributed by atoms with Crippen molar-refractivity contribution in [3.8, 4) is 0 Å². The van der Waals surface area contributed by atoms with Crippen molar-refractivity contribution in [2.45, 2.75) is 33.3 Å². The van der Waals surface area contributed by atoms with Crippen molar-refractivity contribution in [2.24, 2.45) is 11.7 Å². The first-order valence-corrected chi connectivity index (χ1v) is 5.24. The van der Waals surface area contributed by atoms with Crippen molar-refractivity contribution in [1.29, 1.82) is 0 Å². The van der Waals surface area contributed by atoms with E-state index in [-0.39, 0.29) is 6.10 Å². The number of rotatable bonds is 7. The lowest BCUT2D eigenvalue weighted by Gasteiger charge is -2.25. The van der Waals surface area contributed by atoms with Crippen LogP contribution >= 0.6 is 0 Å². The first-order chi connectivity index (χ1) is 6.13. The highest BCUT2D eigenvalue weighted by atomic mass is 16.3. The zero-order valence-corrected chi connectivity index (χ0v) is 9.16. The third-order valence-electron chi connectivity index (χ3n) is 2.46. The van der Waals surface area contributed by atoms with Gasteiger partial charge in [0.05, 0.1) is 6.10 Å². The molecule has 13 heavy (non-hydrogen) atoms. The minimum Gasteiger partial charge on any atom is -0.390 e. The molecule has 3 heteroatoms. The summed E-state index contributed by atoms with van der Waals surface area (Å²) in [6.45, 7) is 9.65. The van der Waals surface area contributed by atoms with Gasteiger partial charge in [-0.05, 0) is 12.5 Å². The summed E-state index contributed by atoms with van der Waals surface area (Å²) in [5.41, 5.74) is 5.36. The lowest BCUT2D eigenvalue weighted by Crippen LogP contribution is -2.38. The van der Waals surface area contributed by atoms with Gasteiger partial charge >= 0.3 is 0 Å². The molecule has 0 aromatic heterocycles. The molecule has 0 amide bonds. The Kier molecular flexibility index (Phi) is 7.23. The largest absolute Gasteiger partial charge is 0.390 e. The zero-order valence-electron chi connectivity index (χ0n) is 9.16. The molecule has 0 aliphatic carbocycles. The molecule has 0 spiro atoms. The Morgan fingerprint density at radius 2 is 1.92 bits per heavy atom. The molecule has 0 bridgehead atoms. The number of hydrogen-bond donors (Lipinski definition) is 2. The van der Waals surface area contributed by atoms with Gasteiger partial charge in [-0.1, -0.05) is 27.2 Å². The Bertz CT molecular complexity index is 107. The van der Waals surface area contributed by atoms with E-state index >= 15 is 0 Å². The Morgan fingerprint density at radius 1 is 1.31 bits per heavy atom. The van der Waals surface area contributed by atoms with E-state index in [1.807, 2.05) is 0 Å². The quantitative estimate of drug-likeness (QED) is 0.617. The maximum atomic E-state index is 9.38. The number of likely N-dealkylation sites (N-methyl/N-ethyl adjacent to an activating group) is 1. The summed E-state index contributed by atoms with van der Waals surface area (Å²) >= 11 is 0. The molecule has 80 valence electrons. The molecule has 0 rings (SSSR count). The highest BCUT2D eigenvalue weighted by Gasteiger charge is 2.10. The molecule has 2 atom stereocenters.